The molecule has 1 atom stereocenters. The van der Waals surface area contributed by atoms with E-state index in [1.807, 2.05) is 6.92 Å². The number of hydrogen-bond acceptors (Lipinski definition) is 3. The Kier molecular flexibility index (Phi) is 6.46. The van der Waals surface area contributed by atoms with Crippen molar-refractivity contribution < 1.29 is 27.8 Å². The zero-order valence-electron chi connectivity index (χ0n) is 14.0. The van der Waals surface area contributed by atoms with Gasteiger partial charge < -0.3 is 20.5 Å². The third-order valence-corrected chi connectivity index (χ3v) is 3.50. The van der Waals surface area contributed by atoms with E-state index < -0.39 is 23.9 Å². The highest BCUT2D eigenvalue weighted by Crippen LogP contribution is 2.29. The van der Waals surface area contributed by atoms with Crippen molar-refractivity contribution in [3.05, 3.63) is 59.7 Å². The number of halogens is 3. The number of urea groups is 1. The first-order chi connectivity index (χ1) is 12.3. The molecule has 0 bridgehead atoms. The van der Waals surface area contributed by atoms with Gasteiger partial charge in [0.25, 0.3) is 0 Å². The van der Waals surface area contributed by atoms with E-state index in [9.17, 15) is 23.1 Å². The molecule has 0 heterocycles. The Balaban J connectivity index is 1.84. The molecule has 0 aromatic heterocycles. The van der Waals surface area contributed by atoms with Crippen LogP contribution < -0.4 is 15.4 Å². The van der Waals surface area contributed by atoms with Crippen molar-refractivity contribution in [3.63, 3.8) is 0 Å². The van der Waals surface area contributed by atoms with Crippen LogP contribution in [0.3, 0.4) is 0 Å². The number of benzene rings is 2. The van der Waals surface area contributed by atoms with Crippen LogP contribution in [0.25, 0.3) is 0 Å². The molecule has 2 aromatic rings. The predicted octanol–water partition coefficient (Wildman–Crippen LogP) is 3.96. The van der Waals surface area contributed by atoms with Crippen molar-refractivity contribution in [2.45, 2.75) is 19.2 Å². The summed E-state index contributed by atoms with van der Waals surface area (Å²) in [5.74, 6) is 0.677. The van der Waals surface area contributed by atoms with Crippen molar-refractivity contribution in [2.75, 3.05) is 18.5 Å². The Hall–Kier alpha value is -2.74. The van der Waals surface area contributed by atoms with E-state index in [-0.39, 0.29) is 12.1 Å². The summed E-state index contributed by atoms with van der Waals surface area (Å²) in [5.41, 5.74) is 0.0176. The Labute approximate surface area is 148 Å². The molecular formula is C18H19F3N2O3. The van der Waals surface area contributed by atoms with Gasteiger partial charge in [0, 0.05) is 12.2 Å². The number of carbonyl (C=O) groups excluding carboxylic acids is 1. The zero-order chi connectivity index (χ0) is 19.2. The Morgan fingerprint density at radius 1 is 1.12 bits per heavy atom. The summed E-state index contributed by atoms with van der Waals surface area (Å²) in [5, 5.41) is 15.0. The van der Waals surface area contributed by atoms with E-state index in [0.29, 0.717) is 18.0 Å². The van der Waals surface area contributed by atoms with Gasteiger partial charge in [0.1, 0.15) is 5.75 Å². The molecule has 0 fully saturated rings. The van der Waals surface area contributed by atoms with Crippen LogP contribution in [0.15, 0.2) is 48.5 Å². The minimum atomic E-state index is -4.43. The van der Waals surface area contributed by atoms with Crippen molar-refractivity contribution in [2.24, 2.45) is 0 Å². The zero-order valence-corrected chi connectivity index (χ0v) is 14.0. The van der Waals surface area contributed by atoms with Gasteiger partial charge in [0.05, 0.1) is 18.3 Å². The molecular weight excluding hydrogens is 349 g/mol. The first kappa shape index (κ1) is 19.6. The Bertz CT molecular complexity index is 716. The largest absolute Gasteiger partial charge is 0.494 e. The summed E-state index contributed by atoms with van der Waals surface area (Å²) in [7, 11) is 0. The first-order valence-electron chi connectivity index (χ1n) is 7.92. The Morgan fingerprint density at radius 2 is 1.73 bits per heavy atom. The molecule has 2 amide bonds. The van der Waals surface area contributed by atoms with Crippen LogP contribution in [0.5, 0.6) is 5.75 Å². The lowest BCUT2D eigenvalue weighted by molar-refractivity contribution is -0.137. The molecule has 0 aliphatic heterocycles. The van der Waals surface area contributed by atoms with Gasteiger partial charge in [-0.25, -0.2) is 4.79 Å². The maximum absolute atomic E-state index is 12.5. The number of alkyl halides is 3. The predicted molar refractivity (Wildman–Crippen MR) is 91.0 cm³/mol. The molecule has 0 saturated heterocycles. The van der Waals surface area contributed by atoms with Crippen LogP contribution in [-0.4, -0.2) is 24.3 Å². The number of nitrogens with one attached hydrogen (secondary N) is 2. The van der Waals surface area contributed by atoms with Gasteiger partial charge in [-0.1, -0.05) is 12.1 Å². The second kappa shape index (κ2) is 8.57. The number of aliphatic hydroxyl groups is 1. The Morgan fingerprint density at radius 3 is 2.27 bits per heavy atom. The van der Waals surface area contributed by atoms with Gasteiger partial charge in [-0.2, -0.15) is 13.2 Å². The molecule has 0 saturated carbocycles. The van der Waals surface area contributed by atoms with Gasteiger partial charge in [-0.3, -0.25) is 0 Å². The number of hydrogen-bond donors (Lipinski definition) is 3. The molecule has 0 radical (unpaired) electrons. The third kappa shape index (κ3) is 5.66. The molecule has 26 heavy (non-hydrogen) atoms. The number of carbonyl (C=O) groups is 1. The van der Waals surface area contributed by atoms with Crippen molar-refractivity contribution in [3.8, 4) is 5.75 Å². The van der Waals surface area contributed by atoms with Crippen molar-refractivity contribution in [1.29, 1.82) is 0 Å². The van der Waals surface area contributed by atoms with Crippen LogP contribution in [-0.2, 0) is 6.18 Å². The molecule has 140 valence electrons. The monoisotopic (exact) mass is 368 g/mol. The van der Waals surface area contributed by atoms with E-state index in [0.717, 1.165) is 12.1 Å². The highest BCUT2D eigenvalue weighted by Gasteiger charge is 2.30. The van der Waals surface area contributed by atoms with Crippen LogP contribution in [0.1, 0.15) is 24.2 Å². The van der Waals surface area contributed by atoms with Crippen LogP contribution >= 0.6 is 0 Å². The van der Waals surface area contributed by atoms with Gasteiger partial charge in [0.2, 0.25) is 0 Å². The van der Waals surface area contributed by atoms with Crippen LogP contribution in [0, 0.1) is 0 Å². The third-order valence-electron chi connectivity index (χ3n) is 3.50. The summed E-state index contributed by atoms with van der Waals surface area (Å²) < 4.78 is 42.8. The van der Waals surface area contributed by atoms with Crippen molar-refractivity contribution >= 4 is 11.7 Å². The molecule has 2 rings (SSSR count). The minimum absolute atomic E-state index is 0.145. The molecule has 2 aromatic carbocycles. The maximum Gasteiger partial charge on any atom is 0.416 e. The summed E-state index contributed by atoms with van der Waals surface area (Å²) >= 11 is 0. The second-order valence-electron chi connectivity index (χ2n) is 5.43. The van der Waals surface area contributed by atoms with Gasteiger partial charge in [-0.15, -0.1) is 0 Å². The number of anilines is 1. The summed E-state index contributed by atoms with van der Waals surface area (Å²) in [6.45, 7) is 2.25. The highest BCUT2D eigenvalue weighted by atomic mass is 19.4. The average Bonchev–Trinajstić information content (AvgIpc) is 2.61. The van der Waals surface area contributed by atoms with Crippen LogP contribution in [0.2, 0.25) is 0 Å². The lowest BCUT2D eigenvalue weighted by Crippen LogP contribution is -2.32. The number of ether oxygens (including phenoxy) is 1. The molecule has 8 heteroatoms. The second-order valence-corrected chi connectivity index (χ2v) is 5.43. The lowest BCUT2D eigenvalue weighted by Gasteiger charge is -2.14. The summed E-state index contributed by atoms with van der Waals surface area (Å²) in [6, 6.07) is 10.3. The fourth-order valence-electron chi connectivity index (χ4n) is 2.18. The minimum Gasteiger partial charge on any atom is -0.494 e. The van der Waals surface area contributed by atoms with Gasteiger partial charge in [-0.05, 0) is 48.9 Å². The van der Waals surface area contributed by atoms with E-state index >= 15 is 0 Å². The van der Waals surface area contributed by atoms with E-state index in [1.165, 1.54) is 12.1 Å². The fourth-order valence-corrected chi connectivity index (χ4v) is 2.18. The molecule has 0 aliphatic carbocycles. The molecule has 0 aliphatic rings. The fraction of sp³-hybridized carbons (Fsp3) is 0.278. The van der Waals surface area contributed by atoms with E-state index in [1.54, 1.807) is 24.3 Å². The molecule has 3 N–H and O–H groups in total. The van der Waals surface area contributed by atoms with Crippen LogP contribution in [0.4, 0.5) is 23.7 Å². The van der Waals surface area contributed by atoms with E-state index in [4.69, 9.17) is 4.74 Å². The summed E-state index contributed by atoms with van der Waals surface area (Å²) in [6.07, 6.45) is -5.55. The first-order valence-corrected chi connectivity index (χ1v) is 7.92. The normalized spacial score (nSPS) is 12.3. The molecule has 0 unspecified atom stereocenters. The lowest BCUT2D eigenvalue weighted by atomic mass is 10.1. The average molecular weight is 368 g/mol. The van der Waals surface area contributed by atoms with E-state index in [2.05, 4.69) is 10.6 Å². The van der Waals surface area contributed by atoms with Crippen molar-refractivity contribution in [1.82, 2.24) is 5.32 Å². The standard InChI is InChI=1S/C18H19F3N2O3/c1-2-26-15-9-7-14(8-10-15)23-17(25)22-11-16(24)12-3-5-13(6-4-12)18(19,20)21/h3-10,16,24H,2,11H2,1H3,(H2,22,23,25)/t16-/m1/s1. The smallest absolute Gasteiger partial charge is 0.416 e. The molecule has 0 spiro atoms. The number of aliphatic hydroxyl groups excluding tert-OH is 1. The SMILES string of the molecule is CCOc1ccc(NC(=O)NC[C@@H](O)c2ccc(C(F)(F)F)cc2)cc1. The maximum atomic E-state index is 12.5. The summed E-state index contributed by atoms with van der Waals surface area (Å²) in [4.78, 5) is 11.8. The number of amides is 2. The van der Waals surface area contributed by atoms with Gasteiger partial charge in [0.15, 0.2) is 0 Å². The topological polar surface area (TPSA) is 70.6 Å². The quantitative estimate of drug-likeness (QED) is 0.723. The number of rotatable bonds is 6. The van der Waals surface area contributed by atoms with Gasteiger partial charge >= 0.3 is 12.2 Å². The molecule has 5 nitrogen and oxygen atoms in total. The highest BCUT2D eigenvalue weighted by molar-refractivity contribution is 5.89.